The van der Waals surface area contributed by atoms with Crippen LogP contribution in [0.1, 0.15) is 22.6 Å². The van der Waals surface area contributed by atoms with Gasteiger partial charge in [0.1, 0.15) is 18.2 Å². The van der Waals surface area contributed by atoms with Crippen molar-refractivity contribution in [3.8, 4) is 11.4 Å². The molecule has 1 aliphatic rings. The Kier molecular flexibility index (Phi) is 5.06. The number of aryl methyl sites for hydroxylation is 1. The van der Waals surface area contributed by atoms with Gasteiger partial charge in [0.25, 0.3) is 5.56 Å². The number of rotatable bonds is 4. The molecule has 3 aromatic heterocycles. The van der Waals surface area contributed by atoms with Crippen molar-refractivity contribution in [2.24, 2.45) is 0 Å². The molecule has 4 heterocycles. The summed E-state index contributed by atoms with van der Waals surface area (Å²) in [6.45, 7) is 2.08. The zero-order valence-electron chi connectivity index (χ0n) is 16.2. The fraction of sp³-hybridized carbons (Fsp3) is 0.217. The molecule has 0 radical (unpaired) electrons. The first-order valence-corrected chi connectivity index (χ1v) is 10.7. The van der Waals surface area contributed by atoms with Crippen molar-refractivity contribution >= 4 is 21.4 Å². The second kappa shape index (κ2) is 8.01. The second-order valence-corrected chi connectivity index (χ2v) is 8.43. The summed E-state index contributed by atoms with van der Waals surface area (Å²) in [5, 5.41) is 4.71. The van der Waals surface area contributed by atoms with Crippen LogP contribution in [0.2, 0.25) is 0 Å². The first kappa shape index (κ1) is 19.0. The summed E-state index contributed by atoms with van der Waals surface area (Å²) >= 11 is 1.85. The minimum absolute atomic E-state index is 0.168. The second-order valence-electron chi connectivity index (χ2n) is 7.29. The molecule has 0 aliphatic carbocycles. The van der Waals surface area contributed by atoms with Crippen molar-refractivity contribution in [2.75, 3.05) is 6.54 Å². The van der Waals surface area contributed by atoms with Gasteiger partial charge in [-0.1, -0.05) is 0 Å². The van der Waals surface area contributed by atoms with Gasteiger partial charge in [-0.05, 0) is 66.7 Å². The molecule has 152 valence electrons. The van der Waals surface area contributed by atoms with E-state index in [2.05, 4.69) is 22.4 Å². The fourth-order valence-electron chi connectivity index (χ4n) is 3.73. The number of pyridine rings is 2. The third kappa shape index (κ3) is 3.74. The van der Waals surface area contributed by atoms with Crippen LogP contribution >= 0.6 is 11.3 Å². The van der Waals surface area contributed by atoms with Crippen LogP contribution in [0, 0.1) is 5.82 Å². The van der Waals surface area contributed by atoms with Gasteiger partial charge in [0, 0.05) is 34.1 Å². The molecule has 0 saturated carbocycles. The predicted octanol–water partition coefficient (Wildman–Crippen LogP) is 4.20. The molecule has 0 saturated heterocycles. The number of hydrogen-bond acceptors (Lipinski definition) is 5. The molecule has 4 aromatic rings. The number of halogens is 1. The molecular formula is C23H20FN3O2S. The summed E-state index contributed by atoms with van der Waals surface area (Å²) < 4.78 is 21.5. The Balaban J connectivity index is 1.41. The molecular weight excluding hydrogens is 401 g/mol. The third-order valence-corrected chi connectivity index (χ3v) is 6.53. The van der Waals surface area contributed by atoms with Gasteiger partial charge in [-0.25, -0.2) is 4.39 Å². The van der Waals surface area contributed by atoms with E-state index in [1.807, 2.05) is 17.4 Å². The predicted molar refractivity (Wildman–Crippen MR) is 116 cm³/mol. The van der Waals surface area contributed by atoms with Crippen molar-refractivity contribution in [1.82, 2.24) is 14.9 Å². The maximum atomic E-state index is 12.9. The molecule has 0 bridgehead atoms. The molecule has 5 rings (SSSR count). The number of nitrogens with zero attached hydrogens (tertiary/aromatic N) is 2. The number of nitrogens with one attached hydrogen (secondary N) is 1. The van der Waals surface area contributed by atoms with Crippen molar-refractivity contribution in [3.63, 3.8) is 0 Å². The van der Waals surface area contributed by atoms with E-state index in [0.29, 0.717) is 11.4 Å². The highest BCUT2D eigenvalue weighted by atomic mass is 32.1. The van der Waals surface area contributed by atoms with Crippen LogP contribution in [0.3, 0.4) is 0 Å². The number of thiophene rings is 1. The first-order valence-electron chi connectivity index (χ1n) is 9.89. The summed E-state index contributed by atoms with van der Waals surface area (Å²) in [5.74, 6) is 0.0636. The lowest BCUT2D eigenvalue weighted by molar-refractivity contribution is 0.300. The zero-order valence-corrected chi connectivity index (χ0v) is 17.0. The number of ether oxygens (including phenoxy) is 1. The molecule has 1 aromatic carbocycles. The summed E-state index contributed by atoms with van der Waals surface area (Å²) in [7, 11) is 0. The van der Waals surface area contributed by atoms with E-state index in [0.717, 1.165) is 37.8 Å². The minimum Gasteiger partial charge on any atom is -0.487 e. The van der Waals surface area contributed by atoms with Crippen molar-refractivity contribution in [2.45, 2.75) is 26.0 Å². The average Bonchev–Trinajstić information content (AvgIpc) is 2.93. The molecule has 5 nitrogen and oxygen atoms in total. The first-order chi connectivity index (χ1) is 14.7. The molecule has 7 heteroatoms. The van der Waals surface area contributed by atoms with Gasteiger partial charge in [-0.2, -0.15) is 0 Å². The topological polar surface area (TPSA) is 56.1 Å². The van der Waals surface area contributed by atoms with Crippen LogP contribution in [0.5, 0.6) is 5.75 Å². The van der Waals surface area contributed by atoms with Crippen LogP contribution in [0.4, 0.5) is 4.39 Å². The monoisotopic (exact) mass is 421 g/mol. The molecule has 1 N–H and O–H groups in total. The Morgan fingerprint density at radius 2 is 2.13 bits per heavy atom. The highest BCUT2D eigenvalue weighted by molar-refractivity contribution is 7.19. The number of fused-ring (bicyclic) bond motifs is 3. The summed E-state index contributed by atoms with van der Waals surface area (Å²) in [4.78, 5) is 18.1. The van der Waals surface area contributed by atoms with Gasteiger partial charge < -0.3 is 10.1 Å². The van der Waals surface area contributed by atoms with E-state index in [4.69, 9.17) is 4.74 Å². The van der Waals surface area contributed by atoms with E-state index in [-0.39, 0.29) is 12.2 Å². The van der Waals surface area contributed by atoms with Crippen molar-refractivity contribution in [1.29, 1.82) is 0 Å². The van der Waals surface area contributed by atoms with Crippen LogP contribution in [-0.2, 0) is 19.6 Å². The molecule has 0 amide bonds. The smallest absolute Gasteiger partial charge is 0.258 e. The Hall–Kier alpha value is -3.03. The van der Waals surface area contributed by atoms with Crippen LogP contribution < -0.4 is 15.6 Å². The largest absolute Gasteiger partial charge is 0.487 e. The average molecular weight is 421 g/mol. The molecule has 0 unspecified atom stereocenters. The molecule has 30 heavy (non-hydrogen) atoms. The molecule has 0 fully saturated rings. The third-order valence-electron chi connectivity index (χ3n) is 5.26. The minimum atomic E-state index is -0.392. The van der Waals surface area contributed by atoms with Gasteiger partial charge in [0.15, 0.2) is 0 Å². The molecule has 1 aliphatic heterocycles. The van der Waals surface area contributed by atoms with Crippen LogP contribution in [0.15, 0.2) is 59.7 Å². The summed E-state index contributed by atoms with van der Waals surface area (Å²) in [5.41, 5.74) is 2.62. The Bertz CT molecular complexity index is 1260. The van der Waals surface area contributed by atoms with Crippen LogP contribution in [0.25, 0.3) is 15.8 Å². The van der Waals surface area contributed by atoms with Crippen molar-refractivity contribution < 1.29 is 9.13 Å². The highest BCUT2D eigenvalue weighted by Gasteiger charge is 2.15. The van der Waals surface area contributed by atoms with E-state index in [1.54, 1.807) is 22.9 Å². The quantitative estimate of drug-likeness (QED) is 0.537. The number of benzene rings is 1. The van der Waals surface area contributed by atoms with Crippen LogP contribution in [-0.4, -0.2) is 16.1 Å². The van der Waals surface area contributed by atoms with Crippen molar-refractivity contribution in [3.05, 3.63) is 87.2 Å². The lowest BCUT2D eigenvalue weighted by Crippen LogP contribution is -2.17. The van der Waals surface area contributed by atoms with Gasteiger partial charge in [0.05, 0.1) is 11.9 Å². The fourth-order valence-corrected chi connectivity index (χ4v) is 4.98. The highest BCUT2D eigenvalue weighted by Crippen LogP contribution is 2.34. The lowest BCUT2D eigenvalue weighted by atomic mass is 10.1. The van der Waals surface area contributed by atoms with E-state index < -0.39 is 5.82 Å². The van der Waals surface area contributed by atoms with Gasteiger partial charge in [-0.15, -0.1) is 11.3 Å². The van der Waals surface area contributed by atoms with Gasteiger partial charge in [0.2, 0.25) is 0 Å². The van der Waals surface area contributed by atoms with Gasteiger partial charge in [-0.3, -0.25) is 14.3 Å². The number of hydrogen-bond donors (Lipinski definition) is 1. The SMILES string of the molecule is O=c1cc(OCc2ccc(F)cn2)ccn1-c1ccc2sc3c(c2c1)CNCCC3. The molecule has 0 atom stereocenters. The Labute approximate surface area is 176 Å². The van der Waals surface area contributed by atoms with E-state index >= 15 is 0 Å². The Morgan fingerprint density at radius 3 is 2.97 bits per heavy atom. The lowest BCUT2D eigenvalue weighted by Gasteiger charge is -2.09. The summed E-state index contributed by atoms with van der Waals surface area (Å²) in [6.07, 6.45) is 5.13. The molecule has 0 spiro atoms. The normalized spacial score (nSPS) is 13.8. The zero-order chi connectivity index (χ0) is 20.5. The van der Waals surface area contributed by atoms with E-state index in [1.165, 1.54) is 32.7 Å². The standard InChI is InChI=1S/C23H20FN3O2S/c24-15-3-4-16(26-12-15)14-29-18-7-9-27(23(28)11-18)17-5-6-22-19(10-17)20-13-25-8-1-2-21(20)30-22/h3-7,9-12,25H,1-2,8,13-14H2. The van der Waals surface area contributed by atoms with E-state index in [9.17, 15) is 9.18 Å². The maximum absolute atomic E-state index is 12.9. The summed E-state index contributed by atoms with van der Waals surface area (Å²) in [6, 6.07) is 12.3. The van der Waals surface area contributed by atoms with Gasteiger partial charge >= 0.3 is 0 Å². The maximum Gasteiger partial charge on any atom is 0.258 e. The number of aromatic nitrogens is 2. The Morgan fingerprint density at radius 1 is 1.20 bits per heavy atom.